The van der Waals surface area contributed by atoms with Gasteiger partial charge in [-0.1, -0.05) is 27.7 Å². The molecule has 0 aromatic heterocycles. The first-order valence-electron chi connectivity index (χ1n) is 5.14. The third-order valence-electron chi connectivity index (χ3n) is 1.98. The van der Waals surface area contributed by atoms with Crippen molar-refractivity contribution in [3.8, 4) is 0 Å². The molecule has 0 aliphatic rings. The lowest BCUT2D eigenvalue weighted by molar-refractivity contribution is -0.123. The predicted octanol–water partition coefficient (Wildman–Crippen LogP) is 1.18. The first-order valence-corrected chi connectivity index (χ1v) is 7.03. The van der Waals surface area contributed by atoms with E-state index in [2.05, 4.69) is 4.72 Å². The van der Waals surface area contributed by atoms with Gasteiger partial charge in [-0.2, -0.15) is 0 Å². The summed E-state index contributed by atoms with van der Waals surface area (Å²) in [5.41, 5.74) is 0. The predicted molar refractivity (Wildman–Crippen MR) is 61.1 cm³/mol. The molecule has 0 saturated heterocycles. The van der Waals surface area contributed by atoms with Crippen LogP contribution in [0.15, 0.2) is 0 Å². The summed E-state index contributed by atoms with van der Waals surface area (Å²) in [6, 6.07) is -0.583. The second-order valence-electron chi connectivity index (χ2n) is 4.63. The Balaban J connectivity index is 4.66. The van der Waals surface area contributed by atoms with Crippen molar-refractivity contribution in [3.05, 3.63) is 0 Å². The largest absolute Gasteiger partial charge is 0.298 e. The fourth-order valence-corrected chi connectivity index (χ4v) is 2.08. The van der Waals surface area contributed by atoms with Crippen molar-refractivity contribution in [1.82, 2.24) is 4.72 Å². The summed E-state index contributed by atoms with van der Waals surface area (Å²) in [4.78, 5) is 11.7. The SMILES string of the molecule is CC(C)C[C@@H](NS(C)(=O)=O)C(=O)C(C)C. The summed E-state index contributed by atoms with van der Waals surface area (Å²) in [6.07, 6.45) is 1.62. The zero-order chi connectivity index (χ0) is 12.2. The molecular weight excluding hydrogens is 214 g/mol. The lowest BCUT2D eigenvalue weighted by atomic mass is 9.95. The molecule has 0 radical (unpaired) electrons. The highest BCUT2D eigenvalue weighted by molar-refractivity contribution is 7.88. The normalized spacial score (nSPS) is 14.6. The van der Waals surface area contributed by atoms with Crippen molar-refractivity contribution >= 4 is 15.8 Å². The van der Waals surface area contributed by atoms with E-state index in [4.69, 9.17) is 0 Å². The van der Waals surface area contributed by atoms with Gasteiger partial charge in [0.25, 0.3) is 0 Å². The third kappa shape index (κ3) is 6.62. The number of carbonyl (C=O) groups excluding carboxylic acids is 1. The molecule has 5 heteroatoms. The van der Waals surface area contributed by atoms with Crippen molar-refractivity contribution < 1.29 is 13.2 Å². The molecule has 0 rings (SSSR count). The van der Waals surface area contributed by atoms with Gasteiger partial charge >= 0.3 is 0 Å². The molecule has 1 atom stereocenters. The first kappa shape index (κ1) is 14.6. The van der Waals surface area contributed by atoms with E-state index >= 15 is 0 Å². The molecule has 0 heterocycles. The van der Waals surface area contributed by atoms with Gasteiger partial charge in [0.2, 0.25) is 10.0 Å². The molecule has 4 nitrogen and oxygen atoms in total. The molecule has 0 aromatic rings. The minimum absolute atomic E-state index is 0.0471. The van der Waals surface area contributed by atoms with Crippen LogP contribution in [0, 0.1) is 11.8 Å². The van der Waals surface area contributed by atoms with Crippen molar-refractivity contribution in [2.24, 2.45) is 11.8 Å². The van der Waals surface area contributed by atoms with Crippen LogP contribution in [-0.4, -0.2) is 26.5 Å². The second-order valence-corrected chi connectivity index (χ2v) is 6.41. The van der Waals surface area contributed by atoms with Gasteiger partial charge in [0.1, 0.15) is 0 Å². The Morgan fingerprint density at radius 3 is 1.93 bits per heavy atom. The number of nitrogens with one attached hydrogen (secondary N) is 1. The van der Waals surface area contributed by atoms with Crippen molar-refractivity contribution in [2.45, 2.75) is 40.2 Å². The van der Waals surface area contributed by atoms with E-state index in [1.54, 1.807) is 13.8 Å². The van der Waals surface area contributed by atoms with Gasteiger partial charge in [0, 0.05) is 5.92 Å². The Labute approximate surface area is 92.5 Å². The molecule has 0 saturated carbocycles. The smallest absolute Gasteiger partial charge is 0.209 e. The van der Waals surface area contributed by atoms with Crippen LogP contribution in [-0.2, 0) is 14.8 Å². The maximum Gasteiger partial charge on any atom is 0.209 e. The van der Waals surface area contributed by atoms with Gasteiger partial charge in [-0.05, 0) is 12.3 Å². The molecular formula is C10H21NO3S. The Morgan fingerprint density at radius 1 is 1.20 bits per heavy atom. The lowest BCUT2D eigenvalue weighted by Gasteiger charge is -2.20. The molecule has 0 aliphatic heterocycles. The highest BCUT2D eigenvalue weighted by Gasteiger charge is 2.24. The quantitative estimate of drug-likeness (QED) is 0.752. The number of hydrogen-bond acceptors (Lipinski definition) is 3. The molecule has 90 valence electrons. The Kier molecular flexibility index (Phi) is 5.45. The Bertz CT molecular complexity index is 307. The summed E-state index contributed by atoms with van der Waals surface area (Å²) >= 11 is 0. The maximum atomic E-state index is 11.7. The summed E-state index contributed by atoms with van der Waals surface area (Å²) in [7, 11) is -3.32. The van der Waals surface area contributed by atoms with Crippen molar-refractivity contribution in [1.29, 1.82) is 0 Å². The van der Waals surface area contributed by atoms with E-state index in [0.717, 1.165) is 6.26 Å². The van der Waals surface area contributed by atoms with Gasteiger partial charge in [-0.25, -0.2) is 13.1 Å². The zero-order valence-corrected chi connectivity index (χ0v) is 10.9. The molecule has 0 fully saturated rings. The van der Waals surface area contributed by atoms with Crippen molar-refractivity contribution in [2.75, 3.05) is 6.26 Å². The van der Waals surface area contributed by atoms with E-state index < -0.39 is 16.1 Å². The average molecular weight is 235 g/mol. The minimum atomic E-state index is -3.32. The Hall–Kier alpha value is -0.420. The van der Waals surface area contributed by atoms with E-state index in [0.29, 0.717) is 6.42 Å². The van der Waals surface area contributed by atoms with Gasteiger partial charge in [-0.3, -0.25) is 4.79 Å². The summed E-state index contributed by atoms with van der Waals surface area (Å²) in [5.74, 6) is 0.0871. The lowest BCUT2D eigenvalue weighted by Crippen LogP contribution is -2.42. The number of hydrogen-bond donors (Lipinski definition) is 1. The van der Waals surface area contributed by atoms with Crippen LogP contribution in [0.2, 0.25) is 0 Å². The van der Waals surface area contributed by atoms with Crippen LogP contribution < -0.4 is 4.72 Å². The molecule has 0 unspecified atom stereocenters. The van der Waals surface area contributed by atoms with Crippen LogP contribution in [0.5, 0.6) is 0 Å². The van der Waals surface area contributed by atoms with E-state index in [9.17, 15) is 13.2 Å². The van der Waals surface area contributed by atoms with Crippen LogP contribution in [0.4, 0.5) is 0 Å². The highest BCUT2D eigenvalue weighted by atomic mass is 32.2. The molecule has 1 N–H and O–H groups in total. The molecule has 0 spiro atoms. The number of rotatable bonds is 6. The monoisotopic (exact) mass is 235 g/mol. The number of sulfonamides is 1. The van der Waals surface area contributed by atoms with Crippen LogP contribution in [0.3, 0.4) is 0 Å². The van der Waals surface area contributed by atoms with Crippen molar-refractivity contribution in [3.63, 3.8) is 0 Å². The van der Waals surface area contributed by atoms with Crippen LogP contribution in [0.25, 0.3) is 0 Å². The molecule has 0 bridgehead atoms. The third-order valence-corrected chi connectivity index (χ3v) is 2.69. The summed E-state index contributed by atoms with van der Waals surface area (Å²) in [5, 5.41) is 0. The zero-order valence-electron chi connectivity index (χ0n) is 10.1. The standard InChI is InChI=1S/C10H21NO3S/c1-7(2)6-9(10(12)8(3)4)11-15(5,13)14/h7-9,11H,6H2,1-5H3/t9-/m1/s1. The first-order chi connectivity index (χ1) is 6.63. The van der Waals surface area contributed by atoms with E-state index in [-0.39, 0.29) is 17.6 Å². The van der Waals surface area contributed by atoms with Gasteiger partial charge in [0.05, 0.1) is 12.3 Å². The fourth-order valence-electron chi connectivity index (χ4n) is 1.35. The second kappa shape index (κ2) is 5.61. The molecule has 15 heavy (non-hydrogen) atoms. The highest BCUT2D eigenvalue weighted by Crippen LogP contribution is 2.10. The van der Waals surface area contributed by atoms with Gasteiger partial charge in [-0.15, -0.1) is 0 Å². The summed E-state index contributed by atoms with van der Waals surface area (Å²) < 4.78 is 24.6. The maximum absolute atomic E-state index is 11.7. The van der Waals surface area contributed by atoms with E-state index in [1.165, 1.54) is 0 Å². The average Bonchev–Trinajstić information content (AvgIpc) is 1.97. The topological polar surface area (TPSA) is 63.2 Å². The van der Waals surface area contributed by atoms with Gasteiger partial charge in [0.15, 0.2) is 5.78 Å². The van der Waals surface area contributed by atoms with E-state index in [1.807, 2.05) is 13.8 Å². The van der Waals surface area contributed by atoms with Crippen LogP contribution >= 0.6 is 0 Å². The van der Waals surface area contributed by atoms with Gasteiger partial charge < -0.3 is 0 Å². The molecule has 0 aliphatic carbocycles. The minimum Gasteiger partial charge on any atom is -0.298 e. The van der Waals surface area contributed by atoms with Crippen LogP contribution in [0.1, 0.15) is 34.1 Å². The number of carbonyl (C=O) groups is 1. The Morgan fingerprint density at radius 2 is 1.67 bits per heavy atom. The molecule has 0 aromatic carbocycles. The fraction of sp³-hybridized carbons (Fsp3) is 0.900. The number of Topliss-reactive ketones (excluding diaryl/α,β-unsaturated/α-hetero) is 1. The summed E-state index contributed by atoms with van der Waals surface area (Å²) in [6.45, 7) is 7.48. The molecule has 0 amide bonds. The number of ketones is 1.